The van der Waals surface area contributed by atoms with Crippen LogP contribution in [-0.2, 0) is 11.2 Å². The van der Waals surface area contributed by atoms with E-state index in [2.05, 4.69) is 13.8 Å². The fourth-order valence-corrected chi connectivity index (χ4v) is 3.02. The molecule has 0 saturated heterocycles. The SMILES string of the molecule is CC(C)CCCCCCCCCCCc1ccc(OCC(=O)O)cc1. The zero-order chi connectivity index (χ0) is 18.3. The van der Waals surface area contributed by atoms with Crippen molar-refractivity contribution < 1.29 is 14.6 Å². The van der Waals surface area contributed by atoms with Gasteiger partial charge in [-0.2, -0.15) is 0 Å². The van der Waals surface area contributed by atoms with Crippen molar-refractivity contribution in [1.82, 2.24) is 0 Å². The highest BCUT2D eigenvalue weighted by molar-refractivity contribution is 5.68. The summed E-state index contributed by atoms with van der Waals surface area (Å²) >= 11 is 0. The van der Waals surface area contributed by atoms with E-state index < -0.39 is 5.97 Å². The van der Waals surface area contributed by atoms with Crippen LogP contribution in [-0.4, -0.2) is 17.7 Å². The largest absolute Gasteiger partial charge is 0.482 e. The molecule has 0 aliphatic rings. The van der Waals surface area contributed by atoms with Crippen molar-refractivity contribution in [3.63, 3.8) is 0 Å². The highest BCUT2D eigenvalue weighted by Gasteiger charge is 2.00. The molecule has 0 fully saturated rings. The molecule has 1 aromatic carbocycles. The van der Waals surface area contributed by atoms with Crippen molar-refractivity contribution >= 4 is 5.97 Å². The third kappa shape index (κ3) is 12.5. The Labute approximate surface area is 153 Å². The van der Waals surface area contributed by atoms with Gasteiger partial charge in [0.1, 0.15) is 5.75 Å². The predicted octanol–water partition coefficient (Wildman–Crippen LogP) is 6.25. The number of hydrogen-bond donors (Lipinski definition) is 1. The zero-order valence-electron chi connectivity index (χ0n) is 16.1. The number of carboxylic acid groups (broad SMARTS) is 1. The van der Waals surface area contributed by atoms with Crippen LogP contribution in [0.4, 0.5) is 0 Å². The van der Waals surface area contributed by atoms with Gasteiger partial charge in [0.2, 0.25) is 0 Å². The van der Waals surface area contributed by atoms with Gasteiger partial charge in [-0.25, -0.2) is 4.79 Å². The molecule has 1 rings (SSSR count). The Bertz CT molecular complexity index is 451. The smallest absolute Gasteiger partial charge is 0.341 e. The molecule has 0 heterocycles. The van der Waals surface area contributed by atoms with Crippen LogP contribution in [0, 0.1) is 5.92 Å². The van der Waals surface area contributed by atoms with Crippen molar-refractivity contribution in [2.24, 2.45) is 5.92 Å². The molecule has 3 nitrogen and oxygen atoms in total. The minimum absolute atomic E-state index is 0.281. The van der Waals surface area contributed by atoms with E-state index in [9.17, 15) is 4.79 Å². The lowest BCUT2D eigenvalue weighted by Crippen LogP contribution is -2.09. The van der Waals surface area contributed by atoms with Gasteiger partial charge in [-0.3, -0.25) is 0 Å². The summed E-state index contributed by atoms with van der Waals surface area (Å²) in [5.74, 6) is 0.535. The molecule has 0 aromatic heterocycles. The van der Waals surface area contributed by atoms with E-state index in [0.29, 0.717) is 5.75 Å². The van der Waals surface area contributed by atoms with E-state index in [0.717, 1.165) is 12.3 Å². The van der Waals surface area contributed by atoms with E-state index in [1.54, 1.807) is 0 Å². The molecular weight excluding hydrogens is 312 g/mol. The van der Waals surface area contributed by atoms with Crippen LogP contribution >= 0.6 is 0 Å². The second-order valence-electron chi connectivity index (χ2n) is 7.44. The topological polar surface area (TPSA) is 46.5 Å². The zero-order valence-corrected chi connectivity index (χ0v) is 16.1. The summed E-state index contributed by atoms with van der Waals surface area (Å²) in [5, 5.41) is 8.58. The number of rotatable bonds is 15. The summed E-state index contributed by atoms with van der Waals surface area (Å²) in [6, 6.07) is 7.79. The van der Waals surface area contributed by atoms with E-state index in [1.165, 1.54) is 69.8 Å². The quantitative estimate of drug-likeness (QED) is 0.381. The fourth-order valence-electron chi connectivity index (χ4n) is 3.02. The lowest BCUT2D eigenvalue weighted by Gasteiger charge is -2.06. The molecule has 0 aliphatic carbocycles. The number of carboxylic acids is 1. The molecule has 0 unspecified atom stereocenters. The number of aryl methyl sites for hydroxylation is 1. The van der Waals surface area contributed by atoms with E-state index in [1.807, 2.05) is 24.3 Å². The predicted molar refractivity (Wildman–Crippen MR) is 104 cm³/mol. The average Bonchev–Trinajstić information content (AvgIpc) is 2.58. The second kappa shape index (κ2) is 13.7. The molecule has 0 amide bonds. The molecule has 1 N–H and O–H groups in total. The fraction of sp³-hybridized carbons (Fsp3) is 0.682. The summed E-state index contributed by atoms with van der Waals surface area (Å²) in [6.07, 6.45) is 14.7. The Morgan fingerprint density at radius 2 is 1.40 bits per heavy atom. The Morgan fingerprint density at radius 3 is 1.92 bits per heavy atom. The van der Waals surface area contributed by atoms with Crippen LogP contribution in [0.5, 0.6) is 5.75 Å². The Hall–Kier alpha value is -1.51. The molecule has 142 valence electrons. The minimum atomic E-state index is -0.945. The van der Waals surface area contributed by atoms with Gasteiger partial charge in [0.05, 0.1) is 0 Å². The van der Waals surface area contributed by atoms with Crippen LogP contribution in [0.25, 0.3) is 0 Å². The monoisotopic (exact) mass is 348 g/mol. The van der Waals surface area contributed by atoms with Crippen molar-refractivity contribution in [3.05, 3.63) is 29.8 Å². The molecule has 0 radical (unpaired) electrons. The molecule has 25 heavy (non-hydrogen) atoms. The van der Waals surface area contributed by atoms with Gasteiger partial charge in [0, 0.05) is 0 Å². The Morgan fingerprint density at radius 1 is 0.880 bits per heavy atom. The number of aliphatic carboxylic acids is 1. The second-order valence-corrected chi connectivity index (χ2v) is 7.44. The molecule has 0 bridgehead atoms. The number of benzene rings is 1. The Balaban J connectivity index is 1.95. The normalized spacial score (nSPS) is 11.0. The van der Waals surface area contributed by atoms with Crippen LogP contribution in [0.2, 0.25) is 0 Å². The average molecular weight is 349 g/mol. The standard InChI is InChI=1S/C22H36O3/c1-19(2)12-10-8-6-4-3-5-7-9-11-13-20-14-16-21(17-15-20)25-18-22(23)24/h14-17,19H,3-13,18H2,1-2H3,(H,23,24). The van der Waals surface area contributed by atoms with Crippen LogP contribution in [0.15, 0.2) is 24.3 Å². The number of unbranched alkanes of at least 4 members (excludes halogenated alkanes) is 8. The van der Waals surface area contributed by atoms with Gasteiger partial charge < -0.3 is 9.84 Å². The maximum Gasteiger partial charge on any atom is 0.341 e. The Kier molecular flexibility index (Phi) is 11.8. The number of carbonyl (C=O) groups is 1. The van der Waals surface area contributed by atoms with Gasteiger partial charge in [-0.05, 0) is 36.5 Å². The first-order valence-corrected chi connectivity index (χ1v) is 10.0. The van der Waals surface area contributed by atoms with Crippen LogP contribution in [0.3, 0.4) is 0 Å². The van der Waals surface area contributed by atoms with Crippen LogP contribution < -0.4 is 4.74 Å². The highest BCUT2D eigenvalue weighted by atomic mass is 16.5. The van der Waals surface area contributed by atoms with Crippen molar-refractivity contribution in [1.29, 1.82) is 0 Å². The van der Waals surface area contributed by atoms with Crippen molar-refractivity contribution in [2.45, 2.75) is 84.5 Å². The molecule has 3 heteroatoms. The molecule has 0 atom stereocenters. The van der Waals surface area contributed by atoms with Crippen LogP contribution in [0.1, 0.15) is 83.6 Å². The first-order chi connectivity index (χ1) is 12.1. The van der Waals surface area contributed by atoms with Gasteiger partial charge >= 0.3 is 5.97 Å². The first kappa shape index (κ1) is 21.5. The van der Waals surface area contributed by atoms with Crippen molar-refractivity contribution in [2.75, 3.05) is 6.61 Å². The first-order valence-electron chi connectivity index (χ1n) is 10.0. The molecule has 0 spiro atoms. The molecule has 0 saturated carbocycles. The lowest BCUT2D eigenvalue weighted by atomic mass is 10.0. The third-order valence-electron chi connectivity index (χ3n) is 4.53. The maximum absolute atomic E-state index is 10.5. The summed E-state index contributed by atoms with van der Waals surface area (Å²) in [6.45, 7) is 4.33. The summed E-state index contributed by atoms with van der Waals surface area (Å²) < 4.78 is 5.14. The van der Waals surface area contributed by atoms with Gasteiger partial charge in [-0.15, -0.1) is 0 Å². The minimum Gasteiger partial charge on any atom is -0.482 e. The molecular formula is C22H36O3. The van der Waals surface area contributed by atoms with Crippen molar-refractivity contribution in [3.8, 4) is 5.75 Å². The molecule has 1 aromatic rings. The number of ether oxygens (including phenoxy) is 1. The van der Waals surface area contributed by atoms with E-state index in [-0.39, 0.29) is 6.61 Å². The third-order valence-corrected chi connectivity index (χ3v) is 4.53. The number of hydrogen-bond acceptors (Lipinski definition) is 2. The summed E-state index contributed by atoms with van der Waals surface area (Å²) in [4.78, 5) is 10.5. The maximum atomic E-state index is 10.5. The lowest BCUT2D eigenvalue weighted by molar-refractivity contribution is -0.139. The molecule has 0 aliphatic heterocycles. The highest BCUT2D eigenvalue weighted by Crippen LogP contribution is 2.16. The van der Waals surface area contributed by atoms with E-state index in [4.69, 9.17) is 9.84 Å². The van der Waals surface area contributed by atoms with Gasteiger partial charge in [-0.1, -0.05) is 83.8 Å². The summed E-state index contributed by atoms with van der Waals surface area (Å²) in [7, 11) is 0. The summed E-state index contributed by atoms with van der Waals surface area (Å²) in [5.41, 5.74) is 1.30. The van der Waals surface area contributed by atoms with E-state index >= 15 is 0 Å². The van der Waals surface area contributed by atoms with Gasteiger partial charge in [0.25, 0.3) is 0 Å². The van der Waals surface area contributed by atoms with Gasteiger partial charge in [0.15, 0.2) is 6.61 Å².